The zero-order valence-electron chi connectivity index (χ0n) is 13.7. The first-order valence-electron chi connectivity index (χ1n) is 7.97. The number of rotatable bonds is 4. The summed E-state index contributed by atoms with van der Waals surface area (Å²) in [6.45, 7) is 7.24. The van der Waals surface area contributed by atoms with Crippen LogP contribution in [0.15, 0.2) is 24.3 Å². The molecule has 1 aliphatic rings. The largest absolute Gasteiger partial charge is 0.344 e. The van der Waals surface area contributed by atoms with E-state index in [2.05, 4.69) is 36.7 Å². The Balaban J connectivity index is 1.92. The molecule has 2 heterocycles. The number of aromatic nitrogens is 2. The summed E-state index contributed by atoms with van der Waals surface area (Å²) in [6.07, 6.45) is 0.863. The van der Waals surface area contributed by atoms with Gasteiger partial charge < -0.3 is 9.47 Å². The highest BCUT2D eigenvalue weighted by atomic mass is 16.2. The van der Waals surface area contributed by atoms with E-state index in [0.717, 1.165) is 29.8 Å². The van der Waals surface area contributed by atoms with Gasteiger partial charge in [-0.25, -0.2) is 4.98 Å². The molecule has 2 atom stereocenters. The van der Waals surface area contributed by atoms with Crippen molar-refractivity contribution in [1.82, 2.24) is 19.8 Å². The third kappa shape index (κ3) is 2.50. The van der Waals surface area contributed by atoms with Crippen LogP contribution in [-0.4, -0.2) is 40.0 Å². The number of amides is 1. The van der Waals surface area contributed by atoms with Crippen LogP contribution < -0.4 is 5.32 Å². The minimum Gasteiger partial charge on any atom is -0.344 e. The second-order valence-electron chi connectivity index (χ2n) is 6.41. The van der Waals surface area contributed by atoms with E-state index >= 15 is 0 Å². The van der Waals surface area contributed by atoms with Crippen molar-refractivity contribution in [2.45, 2.75) is 45.3 Å². The van der Waals surface area contributed by atoms with E-state index in [9.17, 15) is 4.79 Å². The maximum atomic E-state index is 12.1. The van der Waals surface area contributed by atoms with Crippen molar-refractivity contribution in [2.24, 2.45) is 0 Å². The van der Waals surface area contributed by atoms with Crippen LogP contribution in [0.5, 0.6) is 0 Å². The highest BCUT2D eigenvalue weighted by Gasteiger charge is 2.31. The number of nitrogens with zero attached hydrogens (tertiary/aromatic N) is 3. The van der Waals surface area contributed by atoms with Crippen molar-refractivity contribution >= 4 is 16.9 Å². The van der Waals surface area contributed by atoms with Gasteiger partial charge in [-0.1, -0.05) is 12.1 Å². The van der Waals surface area contributed by atoms with E-state index in [0.29, 0.717) is 6.04 Å². The average molecular weight is 300 g/mol. The summed E-state index contributed by atoms with van der Waals surface area (Å²) in [4.78, 5) is 18.7. The van der Waals surface area contributed by atoms with Crippen molar-refractivity contribution < 1.29 is 4.79 Å². The molecule has 0 spiro atoms. The molecule has 1 aliphatic heterocycles. The topological polar surface area (TPSA) is 50.2 Å². The molecule has 118 valence electrons. The first-order valence-corrected chi connectivity index (χ1v) is 7.97. The van der Waals surface area contributed by atoms with Crippen molar-refractivity contribution in [3.8, 4) is 0 Å². The summed E-state index contributed by atoms with van der Waals surface area (Å²) < 4.78 is 2.26. The molecule has 1 aromatic carbocycles. The molecule has 5 heteroatoms. The summed E-state index contributed by atoms with van der Waals surface area (Å²) in [5.41, 5.74) is 2.16. The normalized spacial score (nSPS) is 20.3. The number of imidazole rings is 1. The Labute approximate surface area is 131 Å². The summed E-state index contributed by atoms with van der Waals surface area (Å²) >= 11 is 0. The summed E-state index contributed by atoms with van der Waals surface area (Å²) in [6, 6.07) is 8.47. The van der Waals surface area contributed by atoms with Crippen LogP contribution in [0.1, 0.15) is 45.1 Å². The lowest BCUT2D eigenvalue weighted by atomic mass is 10.2. The zero-order valence-corrected chi connectivity index (χ0v) is 13.7. The molecule has 0 unspecified atom stereocenters. The second kappa shape index (κ2) is 5.72. The van der Waals surface area contributed by atoms with Gasteiger partial charge in [-0.2, -0.15) is 0 Å². The van der Waals surface area contributed by atoms with Gasteiger partial charge >= 0.3 is 0 Å². The first kappa shape index (κ1) is 15.0. The van der Waals surface area contributed by atoms with Gasteiger partial charge in [0.2, 0.25) is 5.91 Å². The number of carbonyl (C=O) groups excluding carboxylic acids is 1. The van der Waals surface area contributed by atoms with E-state index in [1.165, 1.54) is 0 Å². The maximum absolute atomic E-state index is 12.1. The van der Waals surface area contributed by atoms with Crippen LogP contribution in [0.2, 0.25) is 0 Å². The zero-order chi connectivity index (χ0) is 15.9. The predicted octanol–water partition coefficient (Wildman–Crippen LogP) is 2.50. The van der Waals surface area contributed by atoms with Crippen LogP contribution in [0.25, 0.3) is 11.0 Å². The Morgan fingerprint density at radius 1 is 1.27 bits per heavy atom. The fourth-order valence-electron chi connectivity index (χ4n) is 3.26. The summed E-state index contributed by atoms with van der Waals surface area (Å²) in [7, 11) is 1.86. The lowest BCUT2D eigenvalue weighted by molar-refractivity contribution is -0.128. The quantitative estimate of drug-likeness (QED) is 0.944. The molecular formula is C17H24N4O. The summed E-state index contributed by atoms with van der Waals surface area (Å²) in [5, 5.41) is 3.46. The molecule has 2 aromatic rings. The van der Waals surface area contributed by atoms with Gasteiger partial charge in [0, 0.05) is 19.6 Å². The predicted molar refractivity (Wildman–Crippen MR) is 87.7 cm³/mol. The molecule has 5 nitrogen and oxygen atoms in total. The molecule has 22 heavy (non-hydrogen) atoms. The Kier molecular flexibility index (Phi) is 3.91. The number of likely N-dealkylation sites (N-methyl/N-ethyl adjacent to an activating group) is 1. The van der Waals surface area contributed by atoms with Crippen LogP contribution in [0, 0.1) is 0 Å². The molecule has 1 saturated heterocycles. The number of carbonyl (C=O) groups is 1. The van der Waals surface area contributed by atoms with E-state index in [-0.39, 0.29) is 18.0 Å². The number of hydrogen-bond acceptors (Lipinski definition) is 3. The number of likely N-dealkylation sites (tertiary alicyclic amines) is 1. The van der Waals surface area contributed by atoms with Gasteiger partial charge in [-0.3, -0.25) is 10.1 Å². The van der Waals surface area contributed by atoms with Crippen LogP contribution >= 0.6 is 0 Å². The van der Waals surface area contributed by atoms with Crippen molar-refractivity contribution in [1.29, 1.82) is 0 Å². The van der Waals surface area contributed by atoms with E-state index in [1.54, 1.807) is 4.90 Å². The highest BCUT2D eigenvalue weighted by molar-refractivity contribution is 5.83. The number of para-hydroxylation sites is 2. The third-order valence-electron chi connectivity index (χ3n) is 4.41. The Bertz CT molecular complexity index is 691. The molecule has 1 N–H and O–H groups in total. The molecule has 0 radical (unpaired) electrons. The van der Waals surface area contributed by atoms with Crippen LogP contribution in [0.3, 0.4) is 0 Å². The number of fused-ring (bicyclic) bond motifs is 1. The lowest BCUT2D eigenvalue weighted by Gasteiger charge is -2.21. The standard InChI is InChI=1S/C17H24N4O/c1-11(2)21-15-8-6-5-7-13(15)19-16(21)12(3)18-14-9-10-20(4)17(14)22/h5-8,11-12,14,18H,9-10H2,1-4H3/t12-,14-/m0/s1. The van der Waals surface area contributed by atoms with Crippen LogP contribution in [-0.2, 0) is 4.79 Å². The lowest BCUT2D eigenvalue weighted by Crippen LogP contribution is -2.39. The van der Waals surface area contributed by atoms with Crippen molar-refractivity contribution in [3.05, 3.63) is 30.1 Å². The van der Waals surface area contributed by atoms with Gasteiger partial charge in [-0.05, 0) is 39.3 Å². The molecule has 0 saturated carbocycles. The Morgan fingerprint density at radius 3 is 2.64 bits per heavy atom. The molecular weight excluding hydrogens is 276 g/mol. The van der Waals surface area contributed by atoms with E-state index in [1.807, 2.05) is 25.2 Å². The minimum atomic E-state index is -0.0968. The van der Waals surface area contributed by atoms with Crippen molar-refractivity contribution in [3.63, 3.8) is 0 Å². The smallest absolute Gasteiger partial charge is 0.239 e. The van der Waals surface area contributed by atoms with Crippen molar-refractivity contribution in [2.75, 3.05) is 13.6 Å². The Morgan fingerprint density at radius 2 is 2.00 bits per heavy atom. The third-order valence-corrected chi connectivity index (χ3v) is 4.41. The van der Waals surface area contributed by atoms with Crippen LogP contribution in [0.4, 0.5) is 0 Å². The number of nitrogens with one attached hydrogen (secondary N) is 1. The van der Waals surface area contributed by atoms with Gasteiger partial charge in [0.25, 0.3) is 0 Å². The van der Waals surface area contributed by atoms with E-state index in [4.69, 9.17) is 4.98 Å². The fraction of sp³-hybridized carbons (Fsp3) is 0.529. The second-order valence-corrected chi connectivity index (χ2v) is 6.41. The van der Waals surface area contributed by atoms with Gasteiger partial charge in [0.15, 0.2) is 0 Å². The SMILES string of the molecule is CC(C)n1c([C@H](C)N[C@H]2CCN(C)C2=O)nc2ccccc21. The Hall–Kier alpha value is -1.88. The molecule has 1 aromatic heterocycles. The number of benzene rings is 1. The molecule has 1 fully saturated rings. The van der Waals surface area contributed by atoms with Gasteiger partial charge in [0.1, 0.15) is 5.82 Å². The number of hydrogen-bond donors (Lipinski definition) is 1. The van der Waals surface area contributed by atoms with E-state index < -0.39 is 0 Å². The minimum absolute atomic E-state index is 0.0373. The monoisotopic (exact) mass is 300 g/mol. The van der Waals surface area contributed by atoms with Gasteiger partial charge in [-0.15, -0.1) is 0 Å². The summed E-state index contributed by atoms with van der Waals surface area (Å²) in [5.74, 6) is 1.18. The van der Waals surface area contributed by atoms with Gasteiger partial charge in [0.05, 0.1) is 23.1 Å². The molecule has 3 rings (SSSR count). The first-order chi connectivity index (χ1) is 10.5. The fourth-order valence-corrected chi connectivity index (χ4v) is 3.26. The molecule has 1 amide bonds. The molecule has 0 aliphatic carbocycles. The highest BCUT2D eigenvalue weighted by Crippen LogP contribution is 2.25. The average Bonchev–Trinajstić information content (AvgIpc) is 3.02. The molecule has 0 bridgehead atoms. The maximum Gasteiger partial charge on any atom is 0.239 e.